The number of allylic oxidation sites excluding steroid dienone is 1. The quantitative estimate of drug-likeness (QED) is 0.140. The summed E-state index contributed by atoms with van der Waals surface area (Å²) in [5.74, 6) is 0.568. The van der Waals surface area contributed by atoms with Crippen LogP contribution in [0.3, 0.4) is 0 Å². The fraction of sp³-hybridized carbons (Fsp3) is 0.537. The lowest BCUT2D eigenvalue weighted by Gasteiger charge is -2.44. The smallest absolute Gasteiger partial charge is 0.251 e. The van der Waals surface area contributed by atoms with Gasteiger partial charge in [-0.3, -0.25) is 14.6 Å². The van der Waals surface area contributed by atoms with E-state index < -0.39 is 0 Å². The van der Waals surface area contributed by atoms with Gasteiger partial charge in [0.05, 0.1) is 12.1 Å². The molecule has 2 aromatic carbocycles. The van der Waals surface area contributed by atoms with E-state index in [1.807, 2.05) is 68.5 Å². The molecule has 0 saturated heterocycles. The third-order valence-corrected chi connectivity index (χ3v) is 10.7. The van der Waals surface area contributed by atoms with Crippen molar-refractivity contribution >= 4 is 40.6 Å². The molecule has 2 aliphatic rings. The summed E-state index contributed by atoms with van der Waals surface area (Å²) in [5, 5.41) is 11.3. The summed E-state index contributed by atoms with van der Waals surface area (Å²) >= 11 is 6.43. The van der Waals surface area contributed by atoms with Gasteiger partial charge in [-0.25, -0.2) is 0 Å². The van der Waals surface area contributed by atoms with Crippen molar-refractivity contribution in [2.24, 2.45) is 37.7 Å². The number of carbonyl (C=O) groups excluding carboxylic acids is 2. The maximum Gasteiger partial charge on any atom is 0.251 e. The van der Waals surface area contributed by atoms with E-state index in [9.17, 15) is 9.59 Å². The number of nitrogens with one attached hydrogen (secondary N) is 1. The Bertz CT molecular complexity index is 1620. The SMILES string of the molecule is CCC(C)(C)C1CCC2(CC1)CC(C(CCC(C)(C)C)c1ccc(C(=O)NCC(N)=NN=C(C)C)cc1)=CC(=O)C(c1cccc(Cl)c1)=N2. The molecule has 49 heavy (non-hydrogen) atoms. The van der Waals surface area contributed by atoms with Gasteiger partial charge >= 0.3 is 0 Å². The summed E-state index contributed by atoms with van der Waals surface area (Å²) in [6.45, 7) is 17.6. The van der Waals surface area contributed by atoms with Crippen molar-refractivity contribution in [3.05, 3.63) is 81.9 Å². The predicted octanol–water partition coefficient (Wildman–Crippen LogP) is 9.49. The molecule has 1 spiro atoms. The van der Waals surface area contributed by atoms with E-state index in [1.54, 1.807) is 0 Å². The zero-order valence-electron chi connectivity index (χ0n) is 30.8. The summed E-state index contributed by atoms with van der Waals surface area (Å²) in [4.78, 5) is 32.6. The van der Waals surface area contributed by atoms with Crippen LogP contribution in [0.5, 0.6) is 0 Å². The molecule has 1 aliphatic carbocycles. The third-order valence-electron chi connectivity index (χ3n) is 10.5. The second-order valence-corrected chi connectivity index (χ2v) is 16.6. The monoisotopic (exact) mass is 685 g/mol. The minimum Gasteiger partial charge on any atom is -0.384 e. The van der Waals surface area contributed by atoms with Crippen LogP contribution in [0, 0.1) is 16.7 Å². The predicted molar refractivity (Wildman–Crippen MR) is 205 cm³/mol. The highest BCUT2D eigenvalue weighted by atomic mass is 35.5. The standard InChI is InChI=1S/C41H56ClN5O2/c1-9-40(7,8)32-17-21-41(22-18-32)25-31(24-35(48)37(45-41)30-11-10-12-33(42)23-30)34(19-20-39(4,5)6)28-13-15-29(16-14-28)38(49)44-26-36(43)47-46-27(2)3/h10-16,23-24,32,34H,9,17-22,25-26H2,1-8H3,(H2,43,47)(H,44,49). The Morgan fingerprint density at radius 3 is 2.33 bits per heavy atom. The van der Waals surface area contributed by atoms with Crippen LogP contribution < -0.4 is 11.1 Å². The van der Waals surface area contributed by atoms with E-state index >= 15 is 0 Å². The topological polar surface area (TPSA) is 109 Å². The van der Waals surface area contributed by atoms with E-state index in [1.165, 1.54) is 0 Å². The van der Waals surface area contributed by atoms with Crippen LogP contribution in [-0.2, 0) is 4.79 Å². The lowest BCUT2D eigenvalue weighted by Crippen LogP contribution is -2.38. The zero-order chi connectivity index (χ0) is 36.0. The molecule has 2 aromatic rings. The number of amidine groups is 1. The summed E-state index contributed by atoms with van der Waals surface area (Å²) in [5.41, 5.74) is 10.7. The minimum absolute atomic E-state index is 0.00815. The molecule has 7 nitrogen and oxygen atoms in total. The van der Waals surface area contributed by atoms with Crippen molar-refractivity contribution in [1.82, 2.24) is 5.32 Å². The summed E-state index contributed by atoms with van der Waals surface area (Å²) in [7, 11) is 0. The number of nitrogens with two attached hydrogens (primary N) is 1. The Balaban J connectivity index is 1.70. The number of hydrogen-bond donors (Lipinski definition) is 2. The molecule has 4 rings (SSSR count). The highest BCUT2D eigenvalue weighted by Crippen LogP contribution is 2.49. The Kier molecular flexibility index (Phi) is 12.5. The average Bonchev–Trinajstić information content (AvgIpc) is 3.18. The molecule has 3 N–H and O–H groups in total. The maximum absolute atomic E-state index is 14.2. The van der Waals surface area contributed by atoms with Crippen molar-refractivity contribution < 1.29 is 9.59 Å². The molecular weight excluding hydrogens is 630 g/mol. The fourth-order valence-corrected chi connectivity index (χ4v) is 7.25. The lowest BCUT2D eigenvalue weighted by atomic mass is 9.64. The van der Waals surface area contributed by atoms with Gasteiger partial charge in [0.2, 0.25) is 5.78 Å². The van der Waals surface area contributed by atoms with Crippen LogP contribution in [0.1, 0.15) is 134 Å². The number of carbonyl (C=O) groups is 2. The number of amides is 1. The Labute approximate surface area is 299 Å². The first kappa shape index (κ1) is 38.2. The first-order chi connectivity index (χ1) is 23.0. The van der Waals surface area contributed by atoms with E-state index in [2.05, 4.69) is 57.1 Å². The number of halogens is 1. The van der Waals surface area contributed by atoms with Crippen LogP contribution in [-0.4, -0.2) is 41.0 Å². The van der Waals surface area contributed by atoms with E-state index in [0.29, 0.717) is 22.2 Å². The summed E-state index contributed by atoms with van der Waals surface area (Å²) in [6, 6.07) is 15.3. The molecule has 264 valence electrons. The largest absolute Gasteiger partial charge is 0.384 e. The second-order valence-electron chi connectivity index (χ2n) is 16.2. The molecule has 0 aromatic heterocycles. The normalized spacial score (nSPS) is 21.0. The second kappa shape index (κ2) is 16.0. The van der Waals surface area contributed by atoms with Crippen LogP contribution in [0.25, 0.3) is 0 Å². The van der Waals surface area contributed by atoms with Crippen molar-refractivity contribution in [2.75, 3.05) is 6.54 Å². The molecule has 1 unspecified atom stereocenters. The molecule has 1 saturated carbocycles. The van der Waals surface area contributed by atoms with Gasteiger partial charge in [-0.15, -0.1) is 5.10 Å². The van der Waals surface area contributed by atoms with Gasteiger partial charge in [-0.2, -0.15) is 5.10 Å². The molecule has 0 radical (unpaired) electrons. The molecule has 1 atom stereocenters. The summed E-state index contributed by atoms with van der Waals surface area (Å²) < 4.78 is 0. The first-order valence-corrected chi connectivity index (χ1v) is 18.2. The van der Waals surface area contributed by atoms with Gasteiger partial charge in [-0.05, 0) is 111 Å². The van der Waals surface area contributed by atoms with E-state index in [4.69, 9.17) is 22.3 Å². The molecule has 1 heterocycles. The van der Waals surface area contributed by atoms with E-state index in [-0.39, 0.29) is 46.4 Å². The highest BCUT2D eigenvalue weighted by Gasteiger charge is 2.43. The van der Waals surface area contributed by atoms with Gasteiger partial charge in [-0.1, -0.05) is 89.4 Å². The van der Waals surface area contributed by atoms with Crippen LogP contribution in [0.15, 0.2) is 75.4 Å². The molecule has 1 amide bonds. The molecule has 1 aliphatic heterocycles. The molecule has 0 bridgehead atoms. The number of aliphatic imine (C=N–C) groups is 1. The van der Waals surface area contributed by atoms with Crippen LogP contribution in [0.4, 0.5) is 0 Å². The summed E-state index contributed by atoms with van der Waals surface area (Å²) in [6.07, 6.45) is 9.66. The van der Waals surface area contributed by atoms with Gasteiger partial charge in [0.1, 0.15) is 11.5 Å². The molecular formula is C41H56ClN5O2. The van der Waals surface area contributed by atoms with Crippen LogP contribution >= 0.6 is 11.6 Å². The van der Waals surface area contributed by atoms with Crippen molar-refractivity contribution in [3.8, 4) is 0 Å². The fourth-order valence-electron chi connectivity index (χ4n) is 7.06. The highest BCUT2D eigenvalue weighted by molar-refractivity contribution is 6.50. The zero-order valence-corrected chi connectivity index (χ0v) is 31.6. The number of benzene rings is 2. The Hall–Kier alpha value is -3.58. The molecule has 1 fully saturated rings. The minimum atomic E-state index is -0.363. The van der Waals surface area contributed by atoms with Gasteiger partial charge < -0.3 is 11.1 Å². The van der Waals surface area contributed by atoms with Gasteiger partial charge in [0, 0.05) is 27.8 Å². The molecule has 8 heteroatoms. The average molecular weight is 686 g/mol. The number of hydrogen-bond acceptors (Lipinski definition) is 5. The van der Waals surface area contributed by atoms with Crippen molar-refractivity contribution in [1.29, 1.82) is 0 Å². The van der Waals surface area contributed by atoms with Gasteiger partial charge in [0.25, 0.3) is 5.91 Å². The maximum atomic E-state index is 14.2. The lowest BCUT2D eigenvalue weighted by molar-refractivity contribution is -0.108. The Morgan fingerprint density at radius 2 is 1.73 bits per heavy atom. The third kappa shape index (κ3) is 10.5. The van der Waals surface area contributed by atoms with E-state index in [0.717, 1.165) is 73.8 Å². The van der Waals surface area contributed by atoms with Crippen molar-refractivity contribution in [2.45, 2.75) is 118 Å². The number of nitrogens with zero attached hydrogens (tertiary/aromatic N) is 3. The Morgan fingerprint density at radius 1 is 1.06 bits per heavy atom. The van der Waals surface area contributed by atoms with Crippen molar-refractivity contribution in [3.63, 3.8) is 0 Å². The van der Waals surface area contributed by atoms with Gasteiger partial charge in [0.15, 0.2) is 0 Å². The number of rotatable bonds is 11. The first-order valence-electron chi connectivity index (χ1n) is 17.8. The number of ketones is 1. The van der Waals surface area contributed by atoms with Crippen LogP contribution in [0.2, 0.25) is 5.02 Å².